The summed E-state index contributed by atoms with van der Waals surface area (Å²) < 4.78 is 10.0. The van der Waals surface area contributed by atoms with Crippen LogP contribution in [0, 0.1) is 13.8 Å². The minimum atomic E-state index is -0.362. The van der Waals surface area contributed by atoms with Crippen LogP contribution >= 0.6 is 11.6 Å². The van der Waals surface area contributed by atoms with Crippen LogP contribution < -0.4 is 4.90 Å². The molecule has 0 bridgehead atoms. The molecule has 0 spiro atoms. The van der Waals surface area contributed by atoms with Gasteiger partial charge in [0.25, 0.3) is 0 Å². The highest BCUT2D eigenvalue weighted by atomic mass is 35.5. The Hall–Kier alpha value is -2.67. The molecule has 8 heteroatoms. The number of fused-ring (bicyclic) bond motifs is 2. The number of aryl methyl sites for hydroxylation is 2. The SMILES string of the molecule is Cc1cc2c(c(Cl)n1)C(=O)OCC2.Cc1cc2c(c(N3CCCCC3)n1)C(=O)OCC2. The highest BCUT2D eigenvalue weighted by Gasteiger charge is 2.27. The fourth-order valence-corrected chi connectivity index (χ4v) is 4.57. The number of cyclic esters (lactones) is 2. The largest absolute Gasteiger partial charge is 0.462 e. The van der Waals surface area contributed by atoms with Gasteiger partial charge in [0.05, 0.1) is 13.2 Å². The van der Waals surface area contributed by atoms with E-state index in [0.717, 1.165) is 54.3 Å². The fraction of sp³-hybridized carbons (Fsp3) is 0.478. The number of anilines is 1. The lowest BCUT2D eigenvalue weighted by Gasteiger charge is -2.31. The van der Waals surface area contributed by atoms with Crippen LogP contribution in [0.1, 0.15) is 62.5 Å². The summed E-state index contributed by atoms with van der Waals surface area (Å²) in [6.07, 6.45) is 5.17. The summed E-state index contributed by atoms with van der Waals surface area (Å²) >= 11 is 5.83. The topological polar surface area (TPSA) is 81.6 Å². The number of pyridine rings is 2. The van der Waals surface area contributed by atoms with E-state index in [4.69, 9.17) is 21.1 Å². The molecule has 0 atom stereocenters. The summed E-state index contributed by atoms with van der Waals surface area (Å²) in [5.41, 5.74) is 4.99. The minimum Gasteiger partial charge on any atom is -0.462 e. The zero-order valence-corrected chi connectivity index (χ0v) is 18.6. The van der Waals surface area contributed by atoms with Crippen molar-refractivity contribution in [3.8, 4) is 0 Å². The number of halogens is 1. The van der Waals surface area contributed by atoms with Crippen molar-refractivity contribution in [1.82, 2.24) is 9.97 Å². The Bertz CT molecular complexity index is 1020. The quantitative estimate of drug-likeness (QED) is 0.489. The normalized spacial score (nSPS) is 17.6. The molecule has 0 aliphatic carbocycles. The van der Waals surface area contributed by atoms with Crippen molar-refractivity contribution in [3.63, 3.8) is 0 Å². The van der Waals surface area contributed by atoms with Gasteiger partial charge in [-0.05, 0) is 56.4 Å². The first kappa shape index (κ1) is 21.6. The lowest BCUT2D eigenvalue weighted by molar-refractivity contribution is 0.0470. The van der Waals surface area contributed by atoms with Gasteiger partial charge in [-0.3, -0.25) is 0 Å². The number of aromatic nitrogens is 2. The van der Waals surface area contributed by atoms with E-state index in [1.807, 2.05) is 26.0 Å². The van der Waals surface area contributed by atoms with Gasteiger partial charge >= 0.3 is 11.9 Å². The minimum absolute atomic E-state index is 0.204. The molecule has 31 heavy (non-hydrogen) atoms. The number of hydrogen-bond acceptors (Lipinski definition) is 7. The molecule has 5 rings (SSSR count). The lowest BCUT2D eigenvalue weighted by Crippen LogP contribution is -2.33. The van der Waals surface area contributed by atoms with Gasteiger partial charge in [-0.2, -0.15) is 0 Å². The van der Waals surface area contributed by atoms with Crippen LogP contribution in [0.2, 0.25) is 5.15 Å². The van der Waals surface area contributed by atoms with E-state index in [-0.39, 0.29) is 17.1 Å². The Morgan fingerprint density at radius 3 is 2.03 bits per heavy atom. The van der Waals surface area contributed by atoms with E-state index in [1.54, 1.807) is 0 Å². The molecule has 1 fully saturated rings. The molecule has 0 radical (unpaired) electrons. The fourth-order valence-electron chi connectivity index (χ4n) is 4.24. The standard InChI is InChI=1S/C14H18N2O2.C9H8ClNO2/c1-10-9-11-5-8-18-14(17)12(11)13(15-10)16-6-3-2-4-7-16;1-5-4-6-2-3-13-9(12)7(6)8(10)11-5/h9H,2-8H2,1H3;4H,2-3H2,1H3. The number of rotatable bonds is 1. The monoisotopic (exact) mass is 443 g/mol. The summed E-state index contributed by atoms with van der Waals surface area (Å²) in [5.74, 6) is 0.275. The van der Waals surface area contributed by atoms with Gasteiger partial charge in [-0.25, -0.2) is 19.6 Å². The Morgan fingerprint density at radius 1 is 0.839 bits per heavy atom. The summed E-state index contributed by atoms with van der Waals surface area (Å²) in [4.78, 5) is 34.1. The number of nitrogens with zero attached hydrogens (tertiary/aromatic N) is 3. The molecule has 7 nitrogen and oxygen atoms in total. The van der Waals surface area contributed by atoms with Crippen molar-refractivity contribution in [2.24, 2.45) is 0 Å². The van der Waals surface area contributed by atoms with E-state index < -0.39 is 0 Å². The van der Waals surface area contributed by atoms with Gasteiger partial charge in [0.1, 0.15) is 22.1 Å². The second kappa shape index (κ2) is 9.22. The van der Waals surface area contributed by atoms with E-state index in [2.05, 4.69) is 14.9 Å². The summed E-state index contributed by atoms with van der Waals surface area (Å²) in [5, 5.41) is 0.250. The Kier molecular flexibility index (Phi) is 6.41. The van der Waals surface area contributed by atoms with Crippen molar-refractivity contribution in [2.45, 2.75) is 46.0 Å². The molecule has 3 aliphatic heterocycles. The predicted molar refractivity (Wildman–Crippen MR) is 117 cm³/mol. The van der Waals surface area contributed by atoms with E-state index >= 15 is 0 Å². The van der Waals surface area contributed by atoms with Crippen LogP contribution in [0.25, 0.3) is 0 Å². The molecule has 2 aromatic rings. The first-order valence-electron chi connectivity index (χ1n) is 10.7. The van der Waals surface area contributed by atoms with Crippen molar-refractivity contribution in [3.05, 3.63) is 50.9 Å². The average molecular weight is 444 g/mol. The Balaban J connectivity index is 0.000000158. The van der Waals surface area contributed by atoms with E-state index in [0.29, 0.717) is 24.3 Å². The van der Waals surface area contributed by atoms with Crippen LogP contribution in [0.4, 0.5) is 5.82 Å². The highest BCUT2D eigenvalue weighted by molar-refractivity contribution is 6.32. The van der Waals surface area contributed by atoms with Crippen LogP contribution in [0.5, 0.6) is 0 Å². The third-order valence-electron chi connectivity index (χ3n) is 5.67. The number of carbonyl (C=O) groups is 2. The van der Waals surface area contributed by atoms with Gasteiger partial charge in [0.2, 0.25) is 0 Å². The summed E-state index contributed by atoms with van der Waals surface area (Å²) in [6, 6.07) is 3.89. The van der Waals surface area contributed by atoms with E-state index in [1.165, 1.54) is 19.3 Å². The molecule has 0 amide bonds. The third-order valence-corrected chi connectivity index (χ3v) is 5.94. The highest BCUT2D eigenvalue weighted by Crippen LogP contribution is 2.29. The second-order valence-electron chi connectivity index (χ2n) is 8.03. The van der Waals surface area contributed by atoms with Crippen molar-refractivity contribution in [2.75, 3.05) is 31.2 Å². The Morgan fingerprint density at radius 2 is 1.39 bits per heavy atom. The second-order valence-corrected chi connectivity index (χ2v) is 8.39. The molecule has 164 valence electrons. The number of ether oxygens (including phenoxy) is 2. The van der Waals surface area contributed by atoms with Crippen molar-refractivity contribution < 1.29 is 19.1 Å². The number of carbonyl (C=O) groups excluding carboxylic acids is 2. The molecule has 5 heterocycles. The van der Waals surface area contributed by atoms with Gasteiger partial charge in [0.15, 0.2) is 0 Å². The first-order chi connectivity index (χ1) is 14.9. The van der Waals surface area contributed by atoms with Crippen molar-refractivity contribution >= 4 is 29.4 Å². The van der Waals surface area contributed by atoms with Crippen molar-refractivity contribution in [1.29, 1.82) is 0 Å². The molecule has 2 aromatic heterocycles. The predicted octanol–water partition coefficient (Wildman–Crippen LogP) is 3.85. The zero-order valence-electron chi connectivity index (χ0n) is 17.9. The molecule has 3 aliphatic rings. The molecule has 0 unspecified atom stereocenters. The maximum Gasteiger partial charge on any atom is 0.342 e. The molecule has 1 saturated heterocycles. The average Bonchev–Trinajstić information content (AvgIpc) is 2.74. The number of piperidine rings is 1. The molecular weight excluding hydrogens is 418 g/mol. The summed E-state index contributed by atoms with van der Waals surface area (Å²) in [6.45, 7) is 6.77. The van der Waals surface area contributed by atoms with Crippen LogP contribution in [-0.2, 0) is 22.3 Å². The Labute approximate surface area is 186 Å². The molecule has 0 N–H and O–H groups in total. The third kappa shape index (κ3) is 4.66. The smallest absolute Gasteiger partial charge is 0.342 e. The maximum atomic E-state index is 12.0. The van der Waals surface area contributed by atoms with Gasteiger partial charge in [-0.15, -0.1) is 0 Å². The molecule has 0 saturated carbocycles. The summed E-state index contributed by atoms with van der Waals surface area (Å²) in [7, 11) is 0. The van der Waals surface area contributed by atoms with Gasteiger partial charge in [0, 0.05) is 37.3 Å². The van der Waals surface area contributed by atoms with Crippen LogP contribution in [0.15, 0.2) is 12.1 Å². The van der Waals surface area contributed by atoms with Crippen LogP contribution in [0.3, 0.4) is 0 Å². The number of hydrogen-bond donors (Lipinski definition) is 0. The van der Waals surface area contributed by atoms with Crippen LogP contribution in [-0.4, -0.2) is 48.2 Å². The zero-order chi connectivity index (χ0) is 22.0. The molecular formula is C23H26ClN3O4. The van der Waals surface area contributed by atoms with E-state index in [9.17, 15) is 9.59 Å². The maximum absolute atomic E-state index is 12.0. The van der Waals surface area contributed by atoms with Gasteiger partial charge in [-0.1, -0.05) is 11.6 Å². The first-order valence-corrected chi connectivity index (χ1v) is 11.1. The van der Waals surface area contributed by atoms with Gasteiger partial charge < -0.3 is 14.4 Å². The number of esters is 2. The lowest BCUT2D eigenvalue weighted by atomic mass is 10.0. The molecule has 0 aromatic carbocycles.